The number of hydrogen-bond acceptors (Lipinski definition) is 5. The number of imide groups is 1. The maximum absolute atomic E-state index is 12.2. The van der Waals surface area contributed by atoms with Crippen LogP contribution < -0.4 is 10.6 Å². The molecule has 2 saturated heterocycles. The smallest absolute Gasteiger partial charge is 0.321 e. The number of piperazine rings is 1. The molecule has 4 amide bonds. The minimum absolute atomic E-state index is 0.0552. The van der Waals surface area contributed by atoms with Gasteiger partial charge in [0.15, 0.2) is 0 Å². The Kier molecular flexibility index (Phi) is 5.73. The fraction of sp³-hybridized carbons (Fsp3) is 0.786. The maximum atomic E-state index is 12.2. The number of rotatable bonds is 3. The number of carbonyl (C=O) groups excluding carboxylic acids is 3. The molecule has 0 saturated carbocycles. The largest absolute Gasteiger partial charge is 0.368 e. The van der Waals surface area contributed by atoms with Gasteiger partial charge in [0.1, 0.15) is 6.10 Å². The molecule has 2 N–H and O–H groups in total. The highest BCUT2D eigenvalue weighted by molar-refractivity contribution is 5.96. The van der Waals surface area contributed by atoms with E-state index in [0.29, 0.717) is 32.8 Å². The Labute approximate surface area is 130 Å². The second-order valence-corrected chi connectivity index (χ2v) is 5.61. The van der Waals surface area contributed by atoms with Crippen molar-refractivity contribution in [2.75, 3.05) is 39.8 Å². The number of nitrogens with zero attached hydrogens (tertiary/aromatic N) is 2. The third-order valence-corrected chi connectivity index (χ3v) is 4.22. The van der Waals surface area contributed by atoms with Crippen LogP contribution in [-0.2, 0) is 14.3 Å². The molecule has 2 fully saturated rings. The van der Waals surface area contributed by atoms with Crippen LogP contribution >= 0.6 is 0 Å². The predicted molar refractivity (Wildman–Crippen MR) is 79.2 cm³/mol. The quantitative estimate of drug-likeness (QED) is 0.709. The van der Waals surface area contributed by atoms with Crippen molar-refractivity contribution in [3.05, 3.63) is 0 Å². The zero-order chi connectivity index (χ0) is 16.1. The molecule has 2 unspecified atom stereocenters. The monoisotopic (exact) mass is 312 g/mol. The van der Waals surface area contributed by atoms with Crippen LogP contribution in [-0.4, -0.2) is 79.6 Å². The van der Waals surface area contributed by atoms with Gasteiger partial charge in [-0.15, -0.1) is 0 Å². The first-order chi connectivity index (χ1) is 10.5. The van der Waals surface area contributed by atoms with Crippen molar-refractivity contribution in [3.63, 3.8) is 0 Å². The lowest BCUT2D eigenvalue weighted by Crippen LogP contribution is -2.57. The number of carbonyl (C=O) groups is 3. The number of amides is 4. The number of ether oxygens (including phenoxy) is 1. The average Bonchev–Trinajstić information content (AvgIpc) is 3.07. The fourth-order valence-corrected chi connectivity index (χ4v) is 2.75. The van der Waals surface area contributed by atoms with Crippen molar-refractivity contribution < 1.29 is 19.1 Å². The molecule has 2 heterocycles. The molecule has 2 rings (SSSR count). The van der Waals surface area contributed by atoms with Crippen LogP contribution in [0.25, 0.3) is 0 Å². The summed E-state index contributed by atoms with van der Waals surface area (Å²) in [5.74, 6) is -0.280. The molecule has 0 bridgehead atoms. The van der Waals surface area contributed by atoms with Crippen LogP contribution in [0, 0.1) is 0 Å². The summed E-state index contributed by atoms with van der Waals surface area (Å²) in [6.07, 6.45) is 1.44. The van der Waals surface area contributed by atoms with Crippen molar-refractivity contribution >= 4 is 17.8 Å². The molecular weight excluding hydrogens is 288 g/mol. The summed E-state index contributed by atoms with van der Waals surface area (Å²) >= 11 is 0. The maximum Gasteiger partial charge on any atom is 0.321 e. The molecule has 0 aromatic heterocycles. The number of nitrogens with one attached hydrogen (secondary N) is 2. The molecule has 22 heavy (non-hydrogen) atoms. The van der Waals surface area contributed by atoms with E-state index in [1.165, 1.54) is 7.05 Å². The Morgan fingerprint density at radius 3 is 2.41 bits per heavy atom. The van der Waals surface area contributed by atoms with Crippen LogP contribution in [0.4, 0.5) is 4.79 Å². The van der Waals surface area contributed by atoms with Crippen LogP contribution in [0.3, 0.4) is 0 Å². The Bertz CT molecular complexity index is 429. The van der Waals surface area contributed by atoms with E-state index < -0.39 is 12.1 Å². The van der Waals surface area contributed by atoms with Gasteiger partial charge in [0.25, 0.3) is 5.91 Å². The molecule has 0 aliphatic carbocycles. The van der Waals surface area contributed by atoms with Gasteiger partial charge in [-0.3, -0.25) is 19.8 Å². The van der Waals surface area contributed by atoms with Gasteiger partial charge in [-0.05, 0) is 19.8 Å². The van der Waals surface area contributed by atoms with E-state index in [2.05, 4.69) is 10.6 Å². The minimum atomic E-state index is -0.510. The highest BCUT2D eigenvalue weighted by Gasteiger charge is 2.32. The van der Waals surface area contributed by atoms with Crippen molar-refractivity contribution in [1.82, 2.24) is 20.4 Å². The van der Waals surface area contributed by atoms with Gasteiger partial charge >= 0.3 is 6.03 Å². The molecule has 2 aliphatic heterocycles. The summed E-state index contributed by atoms with van der Waals surface area (Å²) in [7, 11) is 1.46. The van der Waals surface area contributed by atoms with Crippen LogP contribution in [0.5, 0.6) is 0 Å². The normalized spacial score (nSPS) is 23.9. The summed E-state index contributed by atoms with van der Waals surface area (Å²) < 4.78 is 5.42. The average molecular weight is 312 g/mol. The highest BCUT2D eigenvalue weighted by atomic mass is 16.5. The van der Waals surface area contributed by atoms with E-state index in [-0.39, 0.29) is 17.9 Å². The SMILES string of the molecule is CNC(=O)NC(=O)C(C)N1CCN(C(=O)C2CCCO2)CC1. The second-order valence-electron chi connectivity index (χ2n) is 5.61. The Morgan fingerprint density at radius 1 is 1.18 bits per heavy atom. The third kappa shape index (κ3) is 3.95. The highest BCUT2D eigenvalue weighted by Crippen LogP contribution is 2.16. The zero-order valence-electron chi connectivity index (χ0n) is 13.1. The van der Waals surface area contributed by atoms with E-state index in [9.17, 15) is 14.4 Å². The summed E-state index contributed by atoms with van der Waals surface area (Å²) in [4.78, 5) is 39.1. The molecular formula is C14H24N4O4. The molecule has 2 atom stereocenters. The fourth-order valence-electron chi connectivity index (χ4n) is 2.75. The number of urea groups is 1. The van der Waals surface area contributed by atoms with Gasteiger partial charge in [0, 0.05) is 39.8 Å². The Balaban J connectivity index is 1.79. The standard InChI is InChI=1S/C14H24N4O4/c1-10(12(19)16-14(21)15-2)17-5-7-18(8-6-17)13(20)11-4-3-9-22-11/h10-11H,3-9H2,1-2H3,(H2,15,16,19,21). The summed E-state index contributed by atoms with van der Waals surface area (Å²) in [5.41, 5.74) is 0. The van der Waals surface area contributed by atoms with Crippen LogP contribution in [0.1, 0.15) is 19.8 Å². The zero-order valence-corrected chi connectivity index (χ0v) is 13.1. The van der Waals surface area contributed by atoms with E-state index in [1.807, 2.05) is 4.90 Å². The second kappa shape index (κ2) is 7.55. The van der Waals surface area contributed by atoms with Gasteiger partial charge in [0.2, 0.25) is 5.91 Å². The van der Waals surface area contributed by atoms with Gasteiger partial charge < -0.3 is 15.0 Å². The Morgan fingerprint density at radius 2 is 1.86 bits per heavy atom. The van der Waals surface area contributed by atoms with E-state index in [1.54, 1.807) is 11.8 Å². The molecule has 0 aromatic rings. The summed E-state index contributed by atoms with van der Waals surface area (Å²) in [5, 5.41) is 4.62. The lowest BCUT2D eigenvalue weighted by Gasteiger charge is -2.38. The van der Waals surface area contributed by atoms with E-state index >= 15 is 0 Å². The van der Waals surface area contributed by atoms with Crippen LogP contribution in [0.2, 0.25) is 0 Å². The van der Waals surface area contributed by atoms with Gasteiger partial charge in [-0.2, -0.15) is 0 Å². The van der Waals surface area contributed by atoms with Gasteiger partial charge in [-0.25, -0.2) is 4.79 Å². The summed E-state index contributed by atoms with van der Waals surface area (Å²) in [6.45, 7) is 4.80. The summed E-state index contributed by atoms with van der Waals surface area (Å²) in [6, 6.07) is -0.915. The van der Waals surface area contributed by atoms with Crippen molar-refractivity contribution in [1.29, 1.82) is 0 Å². The minimum Gasteiger partial charge on any atom is -0.368 e. The molecule has 0 radical (unpaired) electrons. The molecule has 8 heteroatoms. The lowest BCUT2D eigenvalue weighted by molar-refractivity contribution is -0.143. The first kappa shape index (κ1) is 16.7. The van der Waals surface area contributed by atoms with Gasteiger partial charge in [-0.1, -0.05) is 0 Å². The molecule has 0 spiro atoms. The topological polar surface area (TPSA) is 91.0 Å². The third-order valence-electron chi connectivity index (χ3n) is 4.22. The molecule has 8 nitrogen and oxygen atoms in total. The van der Waals surface area contributed by atoms with Crippen molar-refractivity contribution in [2.45, 2.75) is 31.9 Å². The molecule has 124 valence electrons. The Hall–Kier alpha value is -1.67. The van der Waals surface area contributed by atoms with E-state index in [0.717, 1.165) is 12.8 Å². The van der Waals surface area contributed by atoms with Crippen molar-refractivity contribution in [3.8, 4) is 0 Å². The lowest BCUT2D eigenvalue weighted by atomic mass is 10.1. The first-order valence-corrected chi connectivity index (χ1v) is 7.70. The van der Waals surface area contributed by atoms with Crippen LogP contribution in [0.15, 0.2) is 0 Å². The first-order valence-electron chi connectivity index (χ1n) is 7.70. The molecule has 2 aliphatic rings. The van der Waals surface area contributed by atoms with Crippen molar-refractivity contribution in [2.24, 2.45) is 0 Å². The molecule has 0 aromatic carbocycles. The van der Waals surface area contributed by atoms with Gasteiger partial charge in [0.05, 0.1) is 6.04 Å². The van der Waals surface area contributed by atoms with E-state index in [4.69, 9.17) is 4.74 Å². The number of hydrogen-bond donors (Lipinski definition) is 2. The predicted octanol–water partition coefficient (Wildman–Crippen LogP) is -0.846.